The van der Waals surface area contributed by atoms with E-state index in [1.165, 1.54) is 16.8 Å². The van der Waals surface area contributed by atoms with E-state index < -0.39 is 0 Å². The Hall–Kier alpha value is -1.94. The Kier molecular flexibility index (Phi) is 5.69. The second kappa shape index (κ2) is 7.96. The molecule has 0 aliphatic carbocycles. The fourth-order valence-electron chi connectivity index (χ4n) is 3.85. The lowest BCUT2D eigenvalue weighted by Crippen LogP contribution is -2.38. The summed E-state index contributed by atoms with van der Waals surface area (Å²) >= 11 is 0. The summed E-state index contributed by atoms with van der Waals surface area (Å²) in [5.41, 5.74) is 4.91. The number of benzene rings is 1. The maximum atomic E-state index is 12.7. The molecule has 1 fully saturated rings. The number of hydrogen-bond acceptors (Lipinski definition) is 3. The molecule has 0 N–H and O–H groups in total. The van der Waals surface area contributed by atoms with Gasteiger partial charge < -0.3 is 0 Å². The van der Waals surface area contributed by atoms with Crippen LogP contribution in [0.15, 0.2) is 30.3 Å². The number of piperidine rings is 1. The van der Waals surface area contributed by atoms with Gasteiger partial charge in [-0.05, 0) is 45.2 Å². The third kappa shape index (κ3) is 4.37. The molecule has 0 amide bonds. The van der Waals surface area contributed by atoms with Crippen molar-refractivity contribution in [2.75, 3.05) is 13.1 Å². The first kappa shape index (κ1) is 17.9. The van der Waals surface area contributed by atoms with Gasteiger partial charge in [0.1, 0.15) is 5.78 Å². The van der Waals surface area contributed by atoms with E-state index in [1.807, 2.05) is 29.9 Å². The molecule has 4 nitrogen and oxygen atoms in total. The van der Waals surface area contributed by atoms with Gasteiger partial charge in [-0.3, -0.25) is 14.4 Å². The minimum Gasteiger partial charge on any atom is -0.299 e. The molecule has 0 bridgehead atoms. The maximum absolute atomic E-state index is 12.7. The molecule has 0 saturated carbocycles. The van der Waals surface area contributed by atoms with Crippen molar-refractivity contribution in [2.45, 2.75) is 46.1 Å². The number of nitrogens with zero attached hydrogens (tertiary/aromatic N) is 3. The summed E-state index contributed by atoms with van der Waals surface area (Å²) in [6, 6.07) is 10.3. The van der Waals surface area contributed by atoms with Crippen LogP contribution in [0.3, 0.4) is 0 Å². The lowest BCUT2D eigenvalue weighted by molar-refractivity contribution is -0.124. The van der Waals surface area contributed by atoms with Crippen LogP contribution in [0.25, 0.3) is 0 Å². The number of carbonyl (C=O) groups is 1. The molecular weight excluding hydrogens is 310 g/mol. The molecule has 1 aromatic carbocycles. The Bertz CT molecular complexity index is 720. The van der Waals surface area contributed by atoms with E-state index in [2.05, 4.69) is 36.0 Å². The predicted molar refractivity (Wildman–Crippen MR) is 100 cm³/mol. The molecule has 134 valence electrons. The number of likely N-dealkylation sites (tertiary alicyclic amines) is 1. The van der Waals surface area contributed by atoms with Gasteiger partial charge in [-0.2, -0.15) is 5.10 Å². The number of aryl methyl sites for hydroxylation is 3. The number of hydrogen-bond donors (Lipinski definition) is 0. The van der Waals surface area contributed by atoms with Crippen molar-refractivity contribution in [2.24, 2.45) is 13.0 Å². The van der Waals surface area contributed by atoms with Crippen molar-refractivity contribution < 1.29 is 4.79 Å². The van der Waals surface area contributed by atoms with Crippen LogP contribution in [0.4, 0.5) is 0 Å². The summed E-state index contributed by atoms with van der Waals surface area (Å²) in [5.74, 6) is 0.614. The zero-order chi connectivity index (χ0) is 17.8. The van der Waals surface area contributed by atoms with E-state index in [4.69, 9.17) is 0 Å². The highest BCUT2D eigenvalue weighted by Gasteiger charge is 2.26. The number of ketones is 1. The first-order valence-corrected chi connectivity index (χ1v) is 9.32. The topological polar surface area (TPSA) is 38.1 Å². The Morgan fingerprint density at radius 2 is 2.00 bits per heavy atom. The number of carbonyl (C=O) groups excluding carboxylic acids is 1. The fraction of sp³-hybridized carbons (Fsp3) is 0.524. The minimum absolute atomic E-state index is 0.190. The highest BCUT2D eigenvalue weighted by molar-refractivity contribution is 5.81. The molecule has 1 atom stereocenters. The van der Waals surface area contributed by atoms with Crippen molar-refractivity contribution in [1.82, 2.24) is 14.7 Å². The molecule has 1 aliphatic rings. The lowest BCUT2D eigenvalue weighted by Gasteiger charge is -2.32. The lowest BCUT2D eigenvalue weighted by atomic mass is 9.90. The fourth-order valence-corrected chi connectivity index (χ4v) is 3.85. The highest BCUT2D eigenvalue weighted by Crippen LogP contribution is 2.23. The van der Waals surface area contributed by atoms with Crippen molar-refractivity contribution in [3.63, 3.8) is 0 Å². The van der Waals surface area contributed by atoms with E-state index in [1.54, 1.807) is 0 Å². The summed E-state index contributed by atoms with van der Waals surface area (Å²) in [6.45, 7) is 7.09. The van der Waals surface area contributed by atoms with Crippen LogP contribution >= 0.6 is 0 Å². The summed E-state index contributed by atoms with van der Waals surface area (Å²) in [4.78, 5) is 15.1. The van der Waals surface area contributed by atoms with Gasteiger partial charge in [0, 0.05) is 43.7 Å². The SMILES string of the molecule is Cc1nn(C)c(C)c1CN1CCCC(C(=O)CCc2ccccc2)C1. The molecule has 1 aliphatic heterocycles. The second-order valence-corrected chi connectivity index (χ2v) is 7.30. The van der Waals surface area contributed by atoms with Crippen molar-refractivity contribution in [3.05, 3.63) is 52.8 Å². The summed E-state index contributed by atoms with van der Waals surface area (Å²) in [7, 11) is 2.00. The van der Waals surface area contributed by atoms with Crippen LogP contribution in [0, 0.1) is 19.8 Å². The second-order valence-electron chi connectivity index (χ2n) is 7.30. The number of aromatic nitrogens is 2. The summed E-state index contributed by atoms with van der Waals surface area (Å²) in [6.07, 6.45) is 3.67. The van der Waals surface area contributed by atoms with Crippen LogP contribution in [0.5, 0.6) is 0 Å². The van der Waals surface area contributed by atoms with Crippen LogP contribution in [0.2, 0.25) is 0 Å². The molecule has 25 heavy (non-hydrogen) atoms. The Morgan fingerprint density at radius 1 is 1.24 bits per heavy atom. The molecular formula is C21H29N3O. The van der Waals surface area contributed by atoms with Gasteiger partial charge in [-0.25, -0.2) is 0 Å². The Labute approximate surface area is 150 Å². The number of rotatable bonds is 6. The van der Waals surface area contributed by atoms with Gasteiger partial charge >= 0.3 is 0 Å². The summed E-state index contributed by atoms with van der Waals surface area (Å²) in [5, 5.41) is 4.52. The minimum atomic E-state index is 0.190. The highest BCUT2D eigenvalue weighted by atomic mass is 16.1. The van der Waals surface area contributed by atoms with Gasteiger partial charge in [-0.1, -0.05) is 30.3 Å². The van der Waals surface area contributed by atoms with Crippen molar-refractivity contribution in [3.8, 4) is 0 Å². The standard InChI is InChI=1S/C21H29N3O/c1-16-20(17(2)23(3)22-16)15-24-13-7-10-19(14-24)21(25)12-11-18-8-5-4-6-9-18/h4-6,8-9,19H,7,10-15H2,1-3H3. The quantitative estimate of drug-likeness (QED) is 0.809. The Balaban J connectivity index is 1.56. The largest absolute Gasteiger partial charge is 0.299 e. The molecule has 1 aromatic heterocycles. The molecule has 2 heterocycles. The van der Waals surface area contributed by atoms with E-state index >= 15 is 0 Å². The zero-order valence-electron chi connectivity index (χ0n) is 15.7. The molecule has 0 spiro atoms. The van der Waals surface area contributed by atoms with Gasteiger partial charge in [0.15, 0.2) is 0 Å². The number of Topliss-reactive ketones (excluding diaryl/α,β-unsaturated/α-hetero) is 1. The van der Waals surface area contributed by atoms with Gasteiger partial charge in [-0.15, -0.1) is 0 Å². The normalized spacial score (nSPS) is 18.4. The Morgan fingerprint density at radius 3 is 2.68 bits per heavy atom. The zero-order valence-corrected chi connectivity index (χ0v) is 15.7. The van der Waals surface area contributed by atoms with Crippen molar-refractivity contribution >= 4 is 5.78 Å². The monoisotopic (exact) mass is 339 g/mol. The van der Waals surface area contributed by atoms with Gasteiger partial charge in [0.2, 0.25) is 0 Å². The van der Waals surface area contributed by atoms with Gasteiger partial charge in [0.05, 0.1) is 5.69 Å². The van der Waals surface area contributed by atoms with Crippen LogP contribution in [0.1, 0.15) is 41.8 Å². The smallest absolute Gasteiger partial charge is 0.137 e. The predicted octanol–water partition coefficient (Wildman–Crippen LogP) is 3.45. The van der Waals surface area contributed by atoms with E-state index in [-0.39, 0.29) is 5.92 Å². The maximum Gasteiger partial charge on any atom is 0.137 e. The molecule has 0 radical (unpaired) electrons. The van der Waals surface area contributed by atoms with Crippen molar-refractivity contribution in [1.29, 1.82) is 0 Å². The van der Waals surface area contributed by atoms with Gasteiger partial charge in [0.25, 0.3) is 0 Å². The molecule has 1 unspecified atom stereocenters. The van der Waals surface area contributed by atoms with E-state index in [0.29, 0.717) is 12.2 Å². The molecule has 3 rings (SSSR count). The average molecular weight is 339 g/mol. The average Bonchev–Trinajstić information content (AvgIpc) is 2.87. The molecule has 1 saturated heterocycles. The van der Waals surface area contributed by atoms with Crippen LogP contribution in [-0.4, -0.2) is 33.6 Å². The third-order valence-electron chi connectivity index (χ3n) is 5.50. The molecule has 2 aromatic rings. The van der Waals surface area contributed by atoms with Crippen LogP contribution < -0.4 is 0 Å². The molecule has 4 heteroatoms. The van der Waals surface area contributed by atoms with E-state index in [9.17, 15) is 4.79 Å². The van der Waals surface area contributed by atoms with E-state index in [0.717, 1.165) is 44.6 Å². The first-order chi connectivity index (χ1) is 12.0. The van der Waals surface area contributed by atoms with Crippen LogP contribution in [-0.2, 0) is 24.8 Å². The summed E-state index contributed by atoms with van der Waals surface area (Å²) < 4.78 is 1.96. The first-order valence-electron chi connectivity index (χ1n) is 9.32. The third-order valence-corrected chi connectivity index (χ3v) is 5.50.